The molecule has 0 saturated heterocycles. The van der Waals surface area contributed by atoms with E-state index in [2.05, 4.69) is 17.6 Å². The topological polar surface area (TPSA) is 185 Å². The molecule has 6 N–H and O–H groups in total. The van der Waals surface area contributed by atoms with E-state index in [0.717, 1.165) is 31.2 Å². The lowest BCUT2D eigenvalue weighted by molar-refractivity contribution is -0.141. The summed E-state index contributed by atoms with van der Waals surface area (Å²) < 4.78 is 5.13. The molecule has 0 aromatic heterocycles. The molecule has 0 heterocycles. The van der Waals surface area contributed by atoms with E-state index >= 15 is 0 Å². The SMILES string of the molecule is CCCCCC(CC(=O)CCc1ccc(O)c(OC)c1)SCC(NC(=O)C(N)CCC=O)C(=O)NC(C)C(=O)O. The minimum atomic E-state index is -1.22. The summed E-state index contributed by atoms with van der Waals surface area (Å²) in [7, 11) is 1.46. The second-order valence-electron chi connectivity index (χ2n) is 9.68. The van der Waals surface area contributed by atoms with Gasteiger partial charge in [0.2, 0.25) is 11.8 Å². The lowest BCUT2D eigenvalue weighted by Crippen LogP contribution is -2.55. The highest BCUT2D eigenvalue weighted by Gasteiger charge is 2.27. The Morgan fingerprint density at radius 3 is 2.48 bits per heavy atom. The first-order chi connectivity index (χ1) is 19.0. The Hall–Kier alpha value is -3.12. The second kappa shape index (κ2) is 19.0. The van der Waals surface area contributed by atoms with Crippen LogP contribution in [0.15, 0.2) is 18.2 Å². The van der Waals surface area contributed by atoms with Crippen molar-refractivity contribution in [3.05, 3.63) is 23.8 Å². The van der Waals surface area contributed by atoms with Gasteiger partial charge in [0.15, 0.2) is 11.5 Å². The zero-order valence-electron chi connectivity index (χ0n) is 23.5. The van der Waals surface area contributed by atoms with E-state index < -0.39 is 35.9 Å². The van der Waals surface area contributed by atoms with Crippen molar-refractivity contribution in [2.45, 2.75) is 95.0 Å². The van der Waals surface area contributed by atoms with Gasteiger partial charge in [0.25, 0.3) is 0 Å². The van der Waals surface area contributed by atoms with Gasteiger partial charge in [-0.3, -0.25) is 19.2 Å². The minimum Gasteiger partial charge on any atom is -0.504 e. The molecule has 4 unspecified atom stereocenters. The van der Waals surface area contributed by atoms with Crippen LogP contribution in [0.1, 0.15) is 70.8 Å². The molecule has 2 amide bonds. The van der Waals surface area contributed by atoms with Gasteiger partial charge >= 0.3 is 5.97 Å². The molecule has 1 aromatic rings. The smallest absolute Gasteiger partial charge is 0.325 e. The first kappa shape index (κ1) is 34.9. The van der Waals surface area contributed by atoms with Gasteiger partial charge in [-0.05, 0) is 43.9 Å². The van der Waals surface area contributed by atoms with Crippen LogP contribution in [0, 0.1) is 0 Å². The number of aryl methyl sites for hydroxylation is 1. The van der Waals surface area contributed by atoms with Crippen molar-refractivity contribution in [1.29, 1.82) is 0 Å². The number of phenols is 1. The second-order valence-corrected chi connectivity index (χ2v) is 11.0. The molecule has 0 aliphatic rings. The molecule has 0 radical (unpaired) electrons. The highest BCUT2D eigenvalue weighted by molar-refractivity contribution is 8.00. The van der Waals surface area contributed by atoms with Gasteiger partial charge < -0.3 is 36.1 Å². The molecular weight excluding hydrogens is 538 g/mol. The van der Waals surface area contributed by atoms with E-state index in [9.17, 15) is 34.2 Å². The van der Waals surface area contributed by atoms with Gasteiger partial charge in [-0.25, -0.2) is 0 Å². The first-order valence-corrected chi connectivity index (χ1v) is 14.6. The predicted molar refractivity (Wildman–Crippen MR) is 153 cm³/mol. The monoisotopic (exact) mass is 581 g/mol. The zero-order chi connectivity index (χ0) is 30.1. The number of methoxy groups -OCH3 is 1. The Labute approximate surface area is 240 Å². The van der Waals surface area contributed by atoms with Crippen LogP contribution < -0.4 is 21.1 Å². The van der Waals surface area contributed by atoms with Crippen LogP contribution in [0.2, 0.25) is 0 Å². The lowest BCUT2D eigenvalue weighted by atomic mass is 10.0. The number of rotatable bonds is 21. The fourth-order valence-electron chi connectivity index (χ4n) is 3.83. The number of aromatic hydroxyl groups is 1. The standard InChI is InChI=1S/C28H43N3O8S/c1-4-5-6-8-21(16-20(33)12-10-19-11-13-24(34)25(15-19)39-3)40-17-23(27(36)30-18(2)28(37)38)31-26(35)22(29)9-7-14-32/h11,13-15,18,21-23,34H,4-10,12,16-17,29H2,1-3H3,(H,30,36)(H,31,35)(H,37,38). The molecule has 1 aromatic carbocycles. The maximum absolute atomic E-state index is 12.9. The normalized spacial score (nSPS) is 13.9. The van der Waals surface area contributed by atoms with E-state index in [4.69, 9.17) is 10.5 Å². The number of amides is 2. The van der Waals surface area contributed by atoms with Gasteiger partial charge in [0.1, 0.15) is 24.2 Å². The minimum absolute atomic E-state index is 0.0260. The number of ether oxygens (including phenoxy) is 1. The van der Waals surface area contributed by atoms with Crippen LogP contribution in [0.4, 0.5) is 0 Å². The molecular formula is C28H43N3O8S. The van der Waals surface area contributed by atoms with E-state index in [1.807, 2.05) is 0 Å². The number of phenolic OH excluding ortho intramolecular Hbond substituents is 1. The number of unbranched alkanes of at least 4 members (excludes halogenated alkanes) is 2. The van der Waals surface area contributed by atoms with E-state index in [-0.39, 0.29) is 41.8 Å². The summed E-state index contributed by atoms with van der Waals surface area (Å²) in [5, 5.41) is 23.8. The number of carboxylic acids is 1. The number of thioether (sulfide) groups is 1. The molecule has 1 rings (SSSR count). The highest BCUT2D eigenvalue weighted by atomic mass is 32.2. The third kappa shape index (κ3) is 13.3. The summed E-state index contributed by atoms with van der Waals surface area (Å²) in [6, 6.07) is 1.72. The summed E-state index contributed by atoms with van der Waals surface area (Å²) >= 11 is 1.38. The average molecular weight is 582 g/mol. The van der Waals surface area contributed by atoms with Crippen LogP contribution in [-0.2, 0) is 30.4 Å². The Kier molecular flexibility index (Phi) is 16.6. The van der Waals surface area contributed by atoms with Gasteiger partial charge in [-0.15, -0.1) is 0 Å². The van der Waals surface area contributed by atoms with Crippen molar-refractivity contribution in [3.8, 4) is 11.5 Å². The van der Waals surface area contributed by atoms with Crippen molar-refractivity contribution in [3.63, 3.8) is 0 Å². The molecule has 224 valence electrons. The molecule has 40 heavy (non-hydrogen) atoms. The molecule has 0 aliphatic carbocycles. The van der Waals surface area contributed by atoms with Crippen molar-refractivity contribution in [1.82, 2.24) is 10.6 Å². The summed E-state index contributed by atoms with van der Waals surface area (Å²) in [6.45, 7) is 3.39. The number of hydrogen-bond acceptors (Lipinski definition) is 9. The number of aldehydes is 1. The van der Waals surface area contributed by atoms with E-state index in [1.54, 1.807) is 12.1 Å². The largest absolute Gasteiger partial charge is 0.504 e. The summed E-state index contributed by atoms with van der Waals surface area (Å²) in [5.74, 6) is -1.98. The van der Waals surface area contributed by atoms with E-state index in [0.29, 0.717) is 24.9 Å². The maximum Gasteiger partial charge on any atom is 0.325 e. The van der Waals surface area contributed by atoms with Crippen molar-refractivity contribution in [2.24, 2.45) is 5.73 Å². The molecule has 0 spiro atoms. The van der Waals surface area contributed by atoms with Gasteiger partial charge in [-0.1, -0.05) is 32.3 Å². The highest BCUT2D eigenvalue weighted by Crippen LogP contribution is 2.27. The third-order valence-corrected chi connectivity index (χ3v) is 7.71. The van der Waals surface area contributed by atoms with Crippen molar-refractivity contribution in [2.75, 3.05) is 12.9 Å². The first-order valence-electron chi connectivity index (χ1n) is 13.5. The molecule has 0 aliphatic heterocycles. The molecule has 0 saturated carbocycles. The molecule has 11 nitrogen and oxygen atoms in total. The fourth-order valence-corrected chi connectivity index (χ4v) is 5.17. The van der Waals surface area contributed by atoms with E-state index in [1.165, 1.54) is 31.9 Å². The number of carbonyl (C=O) groups excluding carboxylic acids is 4. The third-order valence-electron chi connectivity index (χ3n) is 6.31. The number of hydrogen-bond donors (Lipinski definition) is 5. The van der Waals surface area contributed by atoms with Gasteiger partial charge in [0, 0.05) is 30.3 Å². The number of aliphatic carboxylic acids is 1. The summed E-state index contributed by atoms with van der Waals surface area (Å²) in [4.78, 5) is 60.2. The quantitative estimate of drug-likeness (QED) is 0.107. The van der Waals surface area contributed by atoms with Crippen LogP contribution >= 0.6 is 11.8 Å². The number of nitrogens with two attached hydrogens (primary N) is 1. The zero-order valence-corrected chi connectivity index (χ0v) is 24.3. The van der Waals surface area contributed by atoms with Crippen LogP contribution in [-0.4, -0.2) is 76.3 Å². The Morgan fingerprint density at radius 1 is 1.12 bits per heavy atom. The van der Waals surface area contributed by atoms with Crippen molar-refractivity contribution >= 4 is 41.6 Å². The molecule has 4 atom stereocenters. The summed E-state index contributed by atoms with van der Waals surface area (Å²) in [6.07, 6.45) is 5.53. The molecule has 0 fully saturated rings. The van der Waals surface area contributed by atoms with Gasteiger partial charge in [0.05, 0.1) is 13.2 Å². The Morgan fingerprint density at radius 2 is 1.85 bits per heavy atom. The number of ketones is 1. The predicted octanol–water partition coefficient (Wildman–Crippen LogP) is 2.36. The van der Waals surface area contributed by atoms with Gasteiger partial charge in [-0.2, -0.15) is 11.8 Å². The Bertz CT molecular complexity index is 990. The number of benzene rings is 1. The number of Topliss-reactive ketones (excluding diaryl/α,β-unsaturated/α-hetero) is 1. The molecule has 0 bridgehead atoms. The number of carboxylic acid groups (broad SMARTS) is 1. The van der Waals surface area contributed by atoms with Crippen molar-refractivity contribution < 1.29 is 38.9 Å². The lowest BCUT2D eigenvalue weighted by Gasteiger charge is -2.24. The average Bonchev–Trinajstić information content (AvgIpc) is 2.92. The fraction of sp³-hybridized carbons (Fsp3) is 0.607. The number of carbonyl (C=O) groups is 5. The number of nitrogens with one attached hydrogen (secondary N) is 2. The van der Waals surface area contributed by atoms with Crippen LogP contribution in [0.3, 0.4) is 0 Å². The maximum atomic E-state index is 12.9. The molecule has 12 heteroatoms. The summed E-state index contributed by atoms with van der Waals surface area (Å²) in [5.41, 5.74) is 6.70. The Balaban J connectivity index is 2.90. The van der Waals surface area contributed by atoms with Crippen LogP contribution in [0.25, 0.3) is 0 Å². The van der Waals surface area contributed by atoms with Crippen LogP contribution in [0.5, 0.6) is 11.5 Å².